The van der Waals surface area contributed by atoms with Gasteiger partial charge in [-0.05, 0) is 20.3 Å². The first-order valence-corrected chi connectivity index (χ1v) is 5.46. The van der Waals surface area contributed by atoms with Crippen LogP contribution in [0.5, 0.6) is 0 Å². The van der Waals surface area contributed by atoms with Crippen molar-refractivity contribution in [2.75, 3.05) is 13.2 Å². The maximum Gasteiger partial charge on any atom is 0.0626 e. The summed E-state index contributed by atoms with van der Waals surface area (Å²) in [7, 11) is 0. The van der Waals surface area contributed by atoms with Crippen molar-refractivity contribution >= 4 is 0 Å². The second-order valence-electron chi connectivity index (χ2n) is 4.66. The molecule has 3 nitrogen and oxygen atoms in total. The summed E-state index contributed by atoms with van der Waals surface area (Å²) < 4.78 is 5.60. The highest BCUT2D eigenvalue weighted by Crippen LogP contribution is 2.37. The topological polar surface area (TPSA) is 36.3 Å². The normalized spacial score (nSPS) is 37.4. The Kier molecular flexibility index (Phi) is 2.76. The van der Waals surface area contributed by atoms with Crippen LogP contribution in [0.25, 0.3) is 0 Å². The van der Waals surface area contributed by atoms with Crippen molar-refractivity contribution in [1.29, 1.82) is 5.26 Å². The van der Waals surface area contributed by atoms with Gasteiger partial charge in [0.05, 0.1) is 19.3 Å². The molecule has 3 aliphatic rings. The molecule has 0 radical (unpaired) electrons. The lowest BCUT2D eigenvalue weighted by atomic mass is 9.82. The summed E-state index contributed by atoms with van der Waals surface area (Å²) in [5.41, 5.74) is 0. The molecule has 1 unspecified atom stereocenters. The summed E-state index contributed by atoms with van der Waals surface area (Å²) in [6.45, 7) is 6.09. The van der Waals surface area contributed by atoms with Crippen LogP contribution in [0.1, 0.15) is 26.7 Å². The van der Waals surface area contributed by atoms with E-state index in [1.54, 1.807) is 0 Å². The van der Waals surface area contributed by atoms with Crippen molar-refractivity contribution < 1.29 is 4.74 Å². The predicted octanol–water partition coefficient (Wildman–Crippen LogP) is 1.40. The van der Waals surface area contributed by atoms with Gasteiger partial charge in [0.1, 0.15) is 0 Å². The second kappa shape index (κ2) is 3.88. The van der Waals surface area contributed by atoms with E-state index in [0.29, 0.717) is 30.5 Å². The summed E-state index contributed by atoms with van der Waals surface area (Å²) in [4.78, 5) is 2.52. The largest absolute Gasteiger partial charge is 0.379 e. The average Bonchev–Trinajstić information content (AvgIpc) is 2.34. The Morgan fingerprint density at radius 2 is 2.29 bits per heavy atom. The van der Waals surface area contributed by atoms with Gasteiger partial charge in [0.15, 0.2) is 0 Å². The van der Waals surface area contributed by atoms with Gasteiger partial charge in [-0.2, -0.15) is 5.26 Å². The van der Waals surface area contributed by atoms with E-state index in [9.17, 15) is 0 Å². The van der Waals surface area contributed by atoms with Crippen LogP contribution in [0.4, 0.5) is 0 Å². The standard InChI is InChI=1S/C11H18N2O/c1-8(2)13-10-5-11(13)9(3-4-12)6-14-7-10/h8-11H,3,5-7H2,1-2H3/t9?,10-,11+/m0/s1. The minimum Gasteiger partial charge on any atom is -0.379 e. The van der Waals surface area contributed by atoms with E-state index in [1.807, 2.05) is 0 Å². The molecule has 0 spiro atoms. The molecule has 0 aromatic rings. The lowest BCUT2D eigenvalue weighted by Gasteiger charge is -2.51. The molecule has 14 heavy (non-hydrogen) atoms. The Bertz CT molecular complexity index is 246. The molecule has 0 aromatic heterocycles. The minimum absolute atomic E-state index is 0.432. The molecule has 0 saturated carbocycles. The van der Waals surface area contributed by atoms with Gasteiger partial charge in [0.25, 0.3) is 0 Å². The molecule has 78 valence electrons. The number of hydrogen-bond donors (Lipinski definition) is 0. The average molecular weight is 194 g/mol. The van der Waals surface area contributed by atoms with Crippen molar-refractivity contribution in [3.8, 4) is 6.07 Å². The quantitative estimate of drug-likeness (QED) is 0.666. The van der Waals surface area contributed by atoms with Crippen LogP contribution >= 0.6 is 0 Å². The maximum atomic E-state index is 8.75. The Morgan fingerprint density at radius 3 is 2.93 bits per heavy atom. The second-order valence-corrected chi connectivity index (χ2v) is 4.66. The summed E-state index contributed by atoms with van der Waals surface area (Å²) in [5.74, 6) is 0.432. The fourth-order valence-electron chi connectivity index (χ4n) is 2.83. The first kappa shape index (κ1) is 9.95. The third-order valence-corrected chi connectivity index (χ3v) is 3.45. The number of nitrogens with zero attached hydrogens (tertiary/aromatic N) is 2. The van der Waals surface area contributed by atoms with Crippen molar-refractivity contribution in [3.05, 3.63) is 0 Å². The zero-order valence-electron chi connectivity index (χ0n) is 8.94. The van der Waals surface area contributed by atoms with Crippen LogP contribution in [-0.4, -0.2) is 36.2 Å². The molecule has 3 aliphatic heterocycles. The molecule has 3 heterocycles. The molecule has 3 atom stereocenters. The molecule has 0 amide bonds. The lowest BCUT2D eigenvalue weighted by molar-refractivity contribution is -0.0318. The number of nitriles is 1. The summed E-state index contributed by atoms with van der Waals surface area (Å²) in [6.07, 6.45) is 1.87. The Balaban J connectivity index is 2.05. The van der Waals surface area contributed by atoms with Gasteiger partial charge in [-0.3, -0.25) is 4.90 Å². The third-order valence-electron chi connectivity index (χ3n) is 3.45. The van der Waals surface area contributed by atoms with Gasteiger partial charge in [0, 0.05) is 30.5 Å². The smallest absolute Gasteiger partial charge is 0.0626 e. The van der Waals surface area contributed by atoms with Crippen LogP contribution in [-0.2, 0) is 4.74 Å². The maximum absolute atomic E-state index is 8.75. The van der Waals surface area contributed by atoms with E-state index in [4.69, 9.17) is 10.00 Å². The summed E-state index contributed by atoms with van der Waals surface area (Å²) in [6, 6.07) is 4.07. The molecule has 0 N–H and O–H groups in total. The highest BCUT2D eigenvalue weighted by molar-refractivity contribution is 5.01. The molecule has 3 saturated heterocycles. The summed E-state index contributed by atoms with van der Waals surface area (Å²) in [5, 5.41) is 8.75. The van der Waals surface area contributed by atoms with Crippen molar-refractivity contribution in [3.63, 3.8) is 0 Å². The molecular weight excluding hydrogens is 176 g/mol. The zero-order valence-corrected chi connectivity index (χ0v) is 8.94. The minimum atomic E-state index is 0.432. The molecule has 0 aliphatic carbocycles. The van der Waals surface area contributed by atoms with E-state index in [2.05, 4.69) is 24.8 Å². The van der Waals surface area contributed by atoms with Crippen LogP contribution in [0.2, 0.25) is 0 Å². The van der Waals surface area contributed by atoms with Crippen molar-refractivity contribution in [1.82, 2.24) is 4.90 Å². The van der Waals surface area contributed by atoms with Gasteiger partial charge in [-0.1, -0.05) is 0 Å². The molecule has 3 rings (SSSR count). The lowest BCUT2D eigenvalue weighted by Crippen LogP contribution is -2.61. The molecule has 0 aromatic carbocycles. The van der Waals surface area contributed by atoms with Gasteiger partial charge >= 0.3 is 0 Å². The SMILES string of the molecule is CC(C)N1[C@@H]2COCC(CC#N)[C@H]1C2. The third kappa shape index (κ3) is 1.53. The van der Waals surface area contributed by atoms with Crippen molar-refractivity contribution in [2.45, 2.75) is 44.8 Å². The molecule has 2 bridgehead atoms. The molecule has 3 fully saturated rings. The number of ether oxygens (including phenoxy) is 1. The van der Waals surface area contributed by atoms with E-state index in [0.717, 1.165) is 13.2 Å². The van der Waals surface area contributed by atoms with Gasteiger partial charge in [0.2, 0.25) is 0 Å². The van der Waals surface area contributed by atoms with E-state index in [1.165, 1.54) is 6.42 Å². The predicted molar refractivity (Wildman–Crippen MR) is 53.7 cm³/mol. The van der Waals surface area contributed by atoms with Crippen molar-refractivity contribution in [2.24, 2.45) is 5.92 Å². The molecule has 3 heteroatoms. The first-order valence-electron chi connectivity index (χ1n) is 5.46. The highest BCUT2D eigenvalue weighted by atomic mass is 16.5. The highest BCUT2D eigenvalue weighted by Gasteiger charge is 2.46. The van der Waals surface area contributed by atoms with E-state index < -0.39 is 0 Å². The van der Waals surface area contributed by atoms with Gasteiger partial charge in [-0.25, -0.2) is 0 Å². The number of rotatable bonds is 2. The fraction of sp³-hybridized carbons (Fsp3) is 0.909. The Hall–Kier alpha value is -0.590. The van der Waals surface area contributed by atoms with Crippen LogP contribution in [0.3, 0.4) is 0 Å². The number of hydrogen-bond acceptors (Lipinski definition) is 3. The Morgan fingerprint density at radius 1 is 1.50 bits per heavy atom. The number of fused-ring (bicyclic) bond motifs is 3. The van der Waals surface area contributed by atoms with E-state index >= 15 is 0 Å². The monoisotopic (exact) mass is 194 g/mol. The Labute approximate surface area is 85.6 Å². The van der Waals surface area contributed by atoms with Gasteiger partial charge < -0.3 is 4.74 Å². The van der Waals surface area contributed by atoms with Gasteiger partial charge in [-0.15, -0.1) is 0 Å². The van der Waals surface area contributed by atoms with Crippen LogP contribution in [0, 0.1) is 17.2 Å². The molecular formula is C11H18N2O. The summed E-state index contributed by atoms with van der Waals surface area (Å²) >= 11 is 0. The van der Waals surface area contributed by atoms with Crippen LogP contribution in [0.15, 0.2) is 0 Å². The van der Waals surface area contributed by atoms with Crippen LogP contribution < -0.4 is 0 Å². The van der Waals surface area contributed by atoms with E-state index in [-0.39, 0.29) is 0 Å². The zero-order chi connectivity index (χ0) is 10.1. The first-order chi connectivity index (χ1) is 6.74. The fourth-order valence-corrected chi connectivity index (χ4v) is 2.83.